The Morgan fingerprint density at radius 3 is 2.33 bits per heavy atom. The number of nitrogens with zero attached hydrogens (tertiary/aromatic N) is 1. The van der Waals surface area contributed by atoms with Gasteiger partial charge in [-0.25, -0.2) is 17.2 Å². The summed E-state index contributed by atoms with van der Waals surface area (Å²) >= 11 is 9.27. The molecule has 0 atom stereocenters. The maximum atomic E-state index is 13.8. The van der Waals surface area contributed by atoms with Crippen LogP contribution in [0.1, 0.15) is 5.56 Å². The number of rotatable bonds is 5. The molecule has 0 saturated carbocycles. The summed E-state index contributed by atoms with van der Waals surface area (Å²) in [6, 6.07) is 15.8. The molecule has 0 N–H and O–H groups in total. The van der Waals surface area contributed by atoms with E-state index in [1.165, 1.54) is 24.3 Å². The average molecular weight is 473 g/mol. The van der Waals surface area contributed by atoms with Crippen molar-refractivity contribution in [3.05, 3.63) is 93.4 Å². The van der Waals surface area contributed by atoms with Crippen molar-refractivity contribution in [2.45, 2.75) is 11.4 Å². The van der Waals surface area contributed by atoms with Gasteiger partial charge in [0.25, 0.3) is 10.0 Å². The Kier molecular flexibility index (Phi) is 5.83. The first-order chi connectivity index (χ1) is 12.8. The molecule has 0 spiro atoms. The Hall–Kier alpha value is -1.96. The van der Waals surface area contributed by atoms with Gasteiger partial charge in [-0.15, -0.1) is 0 Å². The normalized spacial score (nSPS) is 11.4. The fraction of sp³-hybridized carbons (Fsp3) is 0.0526. The molecule has 3 aromatic carbocycles. The zero-order valence-electron chi connectivity index (χ0n) is 13.7. The van der Waals surface area contributed by atoms with Gasteiger partial charge in [0.1, 0.15) is 0 Å². The number of sulfonamides is 1. The van der Waals surface area contributed by atoms with Crippen molar-refractivity contribution in [3.8, 4) is 0 Å². The maximum Gasteiger partial charge on any atom is 0.264 e. The molecule has 140 valence electrons. The lowest BCUT2D eigenvalue weighted by Gasteiger charge is -2.25. The monoisotopic (exact) mass is 471 g/mol. The summed E-state index contributed by atoms with van der Waals surface area (Å²) in [5.74, 6) is -2.19. The van der Waals surface area contributed by atoms with Crippen molar-refractivity contribution in [2.75, 3.05) is 4.31 Å². The molecule has 0 unspecified atom stereocenters. The second-order valence-corrected chi connectivity index (χ2v) is 8.91. The first-order valence-corrected chi connectivity index (χ1v) is 10.4. The van der Waals surface area contributed by atoms with Crippen LogP contribution in [-0.2, 0) is 16.6 Å². The minimum absolute atomic E-state index is 0.00820. The first kappa shape index (κ1) is 19.8. The summed E-state index contributed by atoms with van der Waals surface area (Å²) in [6.07, 6.45) is 0. The summed E-state index contributed by atoms with van der Waals surface area (Å²) in [6.45, 7) is -0.0701. The Labute approximate surface area is 169 Å². The van der Waals surface area contributed by atoms with E-state index < -0.39 is 21.7 Å². The quantitative estimate of drug-likeness (QED) is 0.472. The van der Waals surface area contributed by atoms with Crippen LogP contribution in [0.3, 0.4) is 0 Å². The van der Waals surface area contributed by atoms with Gasteiger partial charge in [0, 0.05) is 15.6 Å². The highest BCUT2D eigenvalue weighted by molar-refractivity contribution is 9.10. The van der Waals surface area contributed by atoms with Crippen LogP contribution >= 0.6 is 27.5 Å². The third kappa shape index (κ3) is 4.48. The molecule has 0 saturated heterocycles. The van der Waals surface area contributed by atoms with Gasteiger partial charge in [0.15, 0.2) is 11.6 Å². The molecule has 0 aliphatic rings. The van der Waals surface area contributed by atoms with Gasteiger partial charge in [0.05, 0.1) is 17.1 Å². The summed E-state index contributed by atoms with van der Waals surface area (Å²) in [4.78, 5) is -0.0465. The van der Waals surface area contributed by atoms with E-state index in [-0.39, 0.29) is 22.2 Å². The molecule has 0 amide bonds. The van der Waals surface area contributed by atoms with Crippen LogP contribution in [0.4, 0.5) is 14.5 Å². The van der Waals surface area contributed by atoms with Crippen molar-refractivity contribution in [1.82, 2.24) is 0 Å². The first-order valence-electron chi connectivity index (χ1n) is 7.75. The lowest BCUT2D eigenvalue weighted by molar-refractivity contribution is 0.508. The molecule has 0 aliphatic heterocycles. The number of anilines is 1. The predicted octanol–water partition coefficient (Wildman–Crippen LogP) is 5.78. The molecule has 3 rings (SSSR count). The standard InChI is InChI=1S/C19H13BrClF2NO2S/c20-14-4-1-3-13(9-14)12-24(16-7-8-18(22)19(23)11-16)27(25,26)17-6-2-5-15(21)10-17/h1-11H,12H2. The average Bonchev–Trinajstić information content (AvgIpc) is 2.62. The second-order valence-electron chi connectivity index (χ2n) is 5.70. The molecule has 0 radical (unpaired) electrons. The molecular weight excluding hydrogens is 460 g/mol. The zero-order chi connectivity index (χ0) is 19.6. The lowest BCUT2D eigenvalue weighted by Crippen LogP contribution is -2.30. The molecule has 3 aromatic rings. The molecule has 0 aliphatic carbocycles. The van der Waals surface area contributed by atoms with Crippen molar-refractivity contribution in [1.29, 1.82) is 0 Å². The van der Waals surface area contributed by atoms with E-state index in [1.54, 1.807) is 30.3 Å². The van der Waals surface area contributed by atoms with Gasteiger partial charge >= 0.3 is 0 Å². The van der Waals surface area contributed by atoms with Crippen LogP contribution in [-0.4, -0.2) is 8.42 Å². The highest BCUT2D eigenvalue weighted by Gasteiger charge is 2.26. The number of hydrogen-bond donors (Lipinski definition) is 0. The molecule has 3 nitrogen and oxygen atoms in total. The largest absolute Gasteiger partial charge is 0.264 e. The van der Waals surface area contributed by atoms with E-state index >= 15 is 0 Å². The zero-order valence-corrected chi connectivity index (χ0v) is 16.9. The highest BCUT2D eigenvalue weighted by Crippen LogP contribution is 2.29. The fourth-order valence-electron chi connectivity index (χ4n) is 2.51. The fourth-order valence-corrected chi connectivity index (χ4v) is 4.70. The molecular formula is C19H13BrClF2NO2S. The molecule has 0 fully saturated rings. The van der Waals surface area contributed by atoms with Crippen LogP contribution in [0.5, 0.6) is 0 Å². The van der Waals surface area contributed by atoms with E-state index in [0.29, 0.717) is 5.56 Å². The van der Waals surface area contributed by atoms with Crippen LogP contribution in [0.2, 0.25) is 5.02 Å². The second kappa shape index (κ2) is 7.96. The van der Waals surface area contributed by atoms with E-state index in [1.807, 2.05) is 0 Å². The minimum Gasteiger partial charge on any atom is -0.262 e. The Morgan fingerprint density at radius 1 is 0.926 bits per heavy atom. The van der Waals surface area contributed by atoms with Crippen LogP contribution in [0.15, 0.2) is 76.1 Å². The van der Waals surface area contributed by atoms with Crippen molar-refractivity contribution < 1.29 is 17.2 Å². The van der Waals surface area contributed by atoms with Crippen molar-refractivity contribution >= 4 is 43.2 Å². The smallest absolute Gasteiger partial charge is 0.262 e. The summed E-state index contributed by atoms with van der Waals surface area (Å²) < 4.78 is 55.3. The van der Waals surface area contributed by atoms with E-state index in [0.717, 1.165) is 20.9 Å². The van der Waals surface area contributed by atoms with Gasteiger partial charge in [-0.05, 0) is 48.0 Å². The topological polar surface area (TPSA) is 37.4 Å². The van der Waals surface area contributed by atoms with Crippen LogP contribution in [0.25, 0.3) is 0 Å². The Bertz CT molecular complexity index is 1090. The maximum absolute atomic E-state index is 13.8. The molecule has 0 aromatic heterocycles. The molecule has 27 heavy (non-hydrogen) atoms. The van der Waals surface area contributed by atoms with Gasteiger partial charge in [-0.3, -0.25) is 4.31 Å². The van der Waals surface area contributed by atoms with Crippen molar-refractivity contribution in [3.63, 3.8) is 0 Å². The van der Waals surface area contributed by atoms with E-state index in [2.05, 4.69) is 15.9 Å². The Morgan fingerprint density at radius 2 is 1.67 bits per heavy atom. The lowest BCUT2D eigenvalue weighted by atomic mass is 10.2. The number of benzene rings is 3. The SMILES string of the molecule is O=S(=O)(c1cccc(Cl)c1)N(Cc1cccc(Br)c1)c1ccc(F)c(F)c1. The molecule has 0 heterocycles. The molecule has 0 bridgehead atoms. The van der Waals surface area contributed by atoms with Crippen LogP contribution in [0, 0.1) is 11.6 Å². The molecule has 8 heteroatoms. The summed E-state index contributed by atoms with van der Waals surface area (Å²) in [5.41, 5.74) is 0.675. The van der Waals surface area contributed by atoms with Gasteiger partial charge in [0.2, 0.25) is 0 Å². The van der Waals surface area contributed by atoms with E-state index in [9.17, 15) is 17.2 Å². The van der Waals surface area contributed by atoms with Crippen LogP contribution < -0.4 is 4.31 Å². The van der Waals surface area contributed by atoms with E-state index in [4.69, 9.17) is 11.6 Å². The minimum atomic E-state index is -4.07. The third-order valence-corrected chi connectivity index (χ3v) is 6.29. The summed E-state index contributed by atoms with van der Waals surface area (Å²) in [7, 11) is -4.07. The van der Waals surface area contributed by atoms with Gasteiger partial charge < -0.3 is 0 Å². The third-order valence-electron chi connectivity index (χ3n) is 3.79. The van der Waals surface area contributed by atoms with Crippen molar-refractivity contribution in [2.24, 2.45) is 0 Å². The Balaban J connectivity index is 2.12. The highest BCUT2D eigenvalue weighted by atomic mass is 79.9. The number of hydrogen-bond acceptors (Lipinski definition) is 2. The van der Waals surface area contributed by atoms with Gasteiger partial charge in [-0.1, -0.05) is 45.7 Å². The van der Waals surface area contributed by atoms with Gasteiger partial charge in [-0.2, -0.15) is 0 Å². The number of halogens is 4. The summed E-state index contributed by atoms with van der Waals surface area (Å²) in [5, 5.41) is 0.253. The predicted molar refractivity (Wildman–Crippen MR) is 105 cm³/mol.